The van der Waals surface area contributed by atoms with E-state index < -0.39 is 0 Å². The molecule has 0 aliphatic carbocycles. The van der Waals surface area contributed by atoms with Crippen molar-refractivity contribution in [1.82, 2.24) is 9.78 Å². The standard InChI is InChI=1S/C6H9N5/c1-4-5(3-7)6(9-8)11(2)10-4/h9H,8H2,1-2H3. The van der Waals surface area contributed by atoms with Crippen LogP contribution in [-0.2, 0) is 7.05 Å². The predicted octanol–water partition coefficient (Wildman–Crippen LogP) is -0.114. The lowest BCUT2D eigenvalue weighted by Gasteiger charge is -1.97. The Morgan fingerprint density at radius 2 is 2.36 bits per heavy atom. The minimum atomic E-state index is 0.495. The molecule has 0 amide bonds. The van der Waals surface area contributed by atoms with Crippen molar-refractivity contribution in [3.63, 3.8) is 0 Å². The Morgan fingerprint density at radius 1 is 1.73 bits per heavy atom. The van der Waals surface area contributed by atoms with Gasteiger partial charge in [0.25, 0.3) is 0 Å². The average Bonchev–Trinajstić information content (AvgIpc) is 2.24. The summed E-state index contributed by atoms with van der Waals surface area (Å²) < 4.78 is 1.54. The first-order chi connectivity index (χ1) is 5.20. The quantitative estimate of drug-likeness (QED) is 0.433. The number of nitrogens with two attached hydrogens (primary N) is 1. The molecular formula is C6H9N5. The van der Waals surface area contributed by atoms with Crippen molar-refractivity contribution in [2.24, 2.45) is 12.9 Å². The minimum Gasteiger partial charge on any atom is -0.308 e. The first-order valence-electron chi connectivity index (χ1n) is 3.11. The summed E-state index contributed by atoms with van der Waals surface area (Å²) in [6.45, 7) is 1.76. The number of aromatic nitrogens is 2. The Labute approximate surface area is 64.4 Å². The van der Waals surface area contributed by atoms with Crippen LogP contribution in [0.25, 0.3) is 0 Å². The lowest BCUT2D eigenvalue weighted by molar-refractivity contribution is 0.760. The number of anilines is 1. The van der Waals surface area contributed by atoms with Crippen LogP contribution in [0.1, 0.15) is 11.3 Å². The first-order valence-corrected chi connectivity index (χ1v) is 3.11. The summed E-state index contributed by atoms with van der Waals surface area (Å²) in [4.78, 5) is 0. The molecule has 58 valence electrons. The molecule has 1 aromatic heterocycles. The van der Waals surface area contributed by atoms with Crippen LogP contribution in [-0.4, -0.2) is 9.78 Å². The van der Waals surface area contributed by atoms with Crippen molar-refractivity contribution in [2.45, 2.75) is 6.92 Å². The Hall–Kier alpha value is -1.54. The van der Waals surface area contributed by atoms with Gasteiger partial charge in [-0.3, -0.25) is 4.68 Å². The normalized spacial score (nSPS) is 9.27. The third kappa shape index (κ3) is 1.04. The second-order valence-electron chi connectivity index (χ2n) is 2.19. The molecule has 0 radical (unpaired) electrons. The topological polar surface area (TPSA) is 79.7 Å². The van der Waals surface area contributed by atoms with Crippen LogP contribution >= 0.6 is 0 Å². The zero-order valence-electron chi connectivity index (χ0n) is 6.42. The van der Waals surface area contributed by atoms with Crippen LogP contribution in [0.15, 0.2) is 0 Å². The van der Waals surface area contributed by atoms with E-state index >= 15 is 0 Å². The maximum absolute atomic E-state index is 8.64. The van der Waals surface area contributed by atoms with Crippen LogP contribution in [0, 0.1) is 18.3 Å². The van der Waals surface area contributed by atoms with Crippen LogP contribution in [0.5, 0.6) is 0 Å². The number of hydrogen-bond acceptors (Lipinski definition) is 4. The van der Waals surface area contributed by atoms with Gasteiger partial charge in [0.05, 0.1) is 5.69 Å². The SMILES string of the molecule is Cc1nn(C)c(NN)c1C#N. The molecule has 0 aliphatic rings. The Morgan fingerprint density at radius 3 is 2.73 bits per heavy atom. The van der Waals surface area contributed by atoms with E-state index in [1.54, 1.807) is 14.0 Å². The molecule has 0 aliphatic heterocycles. The molecule has 11 heavy (non-hydrogen) atoms. The Kier molecular flexibility index (Phi) is 1.79. The minimum absolute atomic E-state index is 0.495. The lowest BCUT2D eigenvalue weighted by Crippen LogP contribution is -2.11. The fourth-order valence-electron chi connectivity index (χ4n) is 0.958. The monoisotopic (exact) mass is 151 g/mol. The van der Waals surface area contributed by atoms with Gasteiger partial charge in [-0.2, -0.15) is 10.4 Å². The molecule has 0 fully saturated rings. The van der Waals surface area contributed by atoms with Gasteiger partial charge in [-0.05, 0) is 6.92 Å². The zero-order chi connectivity index (χ0) is 8.43. The summed E-state index contributed by atoms with van der Waals surface area (Å²) in [5.41, 5.74) is 3.59. The molecule has 0 spiro atoms. The highest BCUT2D eigenvalue weighted by Gasteiger charge is 2.10. The van der Waals surface area contributed by atoms with E-state index in [4.69, 9.17) is 11.1 Å². The van der Waals surface area contributed by atoms with Crippen molar-refractivity contribution >= 4 is 5.82 Å². The number of nitrogens with one attached hydrogen (secondary N) is 1. The van der Waals surface area contributed by atoms with Crippen molar-refractivity contribution < 1.29 is 0 Å². The highest BCUT2D eigenvalue weighted by atomic mass is 15.4. The number of nitriles is 1. The van der Waals surface area contributed by atoms with E-state index in [1.807, 2.05) is 6.07 Å². The molecule has 1 rings (SSSR count). The number of nitrogens with zero attached hydrogens (tertiary/aromatic N) is 3. The van der Waals surface area contributed by atoms with E-state index in [-0.39, 0.29) is 0 Å². The molecule has 5 heteroatoms. The molecule has 0 bridgehead atoms. The summed E-state index contributed by atoms with van der Waals surface area (Å²) in [5, 5.41) is 12.6. The fraction of sp³-hybridized carbons (Fsp3) is 0.333. The number of hydrogen-bond donors (Lipinski definition) is 2. The van der Waals surface area contributed by atoms with Crippen LogP contribution in [0.3, 0.4) is 0 Å². The van der Waals surface area contributed by atoms with E-state index in [2.05, 4.69) is 10.5 Å². The average molecular weight is 151 g/mol. The maximum Gasteiger partial charge on any atom is 0.156 e. The summed E-state index contributed by atoms with van der Waals surface area (Å²) in [6, 6.07) is 2.01. The van der Waals surface area contributed by atoms with Crippen molar-refractivity contribution in [2.75, 3.05) is 5.43 Å². The van der Waals surface area contributed by atoms with Crippen LogP contribution in [0.2, 0.25) is 0 Å². The van der Waals surface area contributed by atoms with Crippen LogP contribution < -0.4 is 11.3 Å². The highest BCUT2D eigenvalue weighted by Crippen LogP contribution is 2.15. The van der Waals surface area contributed by atoms with E-state index in [0.29, 0.717) is 17.1 Å². The van der Waals surface area contributed by atoms with Gasteiger partial charge in [0.1, 0.15) is 11.6 Å². The van der Waals surface area contributed by atoms with Gasteiger partial charge in [-0.15, -0.1) is 0 Å². The van der Waals surface area contributed by atoms with Gasteiger partial charge in [0.2, 0.25) is 0 Å². The third-order valence-corrected chi connectivity index (χ3v) is 1.47. The summed E-state index contributed by atoms with van der Waals surface area (Å²) in [6.07, 6.45) is 0. The molecule has 0 unspecified atom stereocenters. The second kappa shape index (κ2) is 2.60. The smallest absolute Gasteiger partial charge is 0.156 e. The fourth-order valence-corrected chi connectivity index (χ4v) is 0.958. The lowest BCUT2D eigenvalue weighted by atomic mass is 10.3. The van der Waals surface area contributed by atoms with E-state index in [1.165, 1.54) is 4.68 Å². The predicted molar refractivity (Wildman–Crippen MR) is 40.5 cm³/mol. The van der Waals surface area contributed by atoms with Gasteiger partial charge in [0, 0.05) is 7.05 Å². The van der Waals surface area contributed by atoms with Gasteiger partial charge in [0.15, 0.2) is 5.82 Å². The van der Waals surface area contributed by atoms with Crippen molar-refractivity contribution in [1.29, 1.82) is 5.26 Å². The van der Waals surface area contributed by atoms with Crippen molar-refractivity contribution in [3.8, 4) is 6.07 Å². The molecule has 0 saturated heterocycles. The third-order valence-electron chi connectivity index (χ3n) is 1.47. The van der Waals surface area contributed by atoms with Gasteiger partial charge in [-0.1, -0.05) is 0 Å². The van der Waals surface area contributed by atoms with Crippen LogP contribution in [0.4, 0.5) is 5.82 Å². The summed E-state index contributed by atoms with van der Waals surface area (Å²) in [7, 11) is 1.73. The Bertz CT molecular complexity index is 306. The van der Waals surface area contributed by atoms with E-state index in [0.717, 1.165) is 0 Å². The number of nitrogen functional groups attached to an aromatic ring is 1. The van der Waals surface area contributed by atoms with E-state index in [9.17, 15) is 0 Å². The van der Waals surface area contributed by atoms with Gasteiger partial charge in [-0.25, -0.2) is 5.84 Å². The molecule has 0 aromatic carbocycles. The molecule has 0 saturated carbocycles. The second-order valence-corrected chi connectivity index (χ2v) is 2.19. The van der Waals surface area contributed by atoms with Crippen molar-refractivity contribution in [3.05, 3.63) is 11.3 Å². The van der Waals surface area contributed by atoms with Gasteiger partial charge >= 0.3 is 0 Å². The number of aryl methyl sites for hydroxylation is 2. The zero-order valence-corrected chi connectivity index (χ0v) is 6.42. The molecule has 1 heterocycles. The highest BCUT2D eigenvalue weighted by molar-refractivity contribution is 5.54. The Balaban J connectivity index is 3.31. The van der Waals surface area contributed by atoms with Gasteiger partial charge < -0.3 is 5.43 Å². The molecule has 1 aromatic rings. The molecule has 3 N–H and O–H groups in total. The number of hydrazine groups is 1. The molecule has 5 nitrogen and oxygen atoms in total. The summed E-state index contributed by atoms with van der Waals surface area (Å²) >= 11 is 0. The maximum atomic E-state index is 8.64. The number of rotatable bonds is 1. The molecular weight excluding hydrogens is 142 g/mol. The molecule has 0 atom stereocenters. The first kappa shape index (κ1) is 7.57. The largest absolute Gasteiger partial charge is 0.308 e. The summed E-state index contributed by atoms with van der Waals surface area (Å²) in [5.74, 6) is 5.72.